The Hall–Kier alpha value is -2.74. The molecule has 0 spiro atoms. The normalized spacial score (nSPS) is 20.6. The monoisotopic (exact) mass is 344 g/mol. The summed E-state index contributed by atoms with van der Waals surface area (Å²) < 4.78 is 0. The number of hydrogen-bond donors (Lipinski definition) is 3. The summed E-state index contributed by atoms with van der Waals surface area (Å²) in [4.78, 5) is 49.5. The number of carbonyl (C=O) groups is 4. The minimum atomic E-state index is -0.954. The van der Waals surface area contributed by atoms with E-state index in [4.69, 9.17) is 5.73 Å². The van der Waals surface area contributed by atoms with Crippen molar-refractivity contribution in [3.63, 3.8) is 0 Å². The Balaban J connectivity index is 1.84. The fourth-order valence-corrected chi connectivity index (χ4v) is 2.91. The van der Waals surface area contributed by atoms with Gasteiger partial charge in [0.25, 0.3) is 11.8 Å². The number of piperidine rings is 1. The van der Waals surface area contributed by atoms with Crippen LogP contribution in [0.5, 0.6) is 0 Å². The maximum atomic E-state index is 12.7. The van der Waals surface area contributed by atoms with Crippen LogP contribution in [0.4, 0.5) is 5.69 Å². The highest BCUT2D eigenvalue weighted by Crippen LogP contribution is 2.29. The van der Waals surface area contributed by atoms with Crippen molar-refractivity contribution in [1.82, 2.24) is 10.2 Å². The highest BCUT2D eigenvalue weighted by molar-refractivity contribution is 6.23. The Bertz CT molecular complexity index is 781. The van der Waals surface area contributed by atoms with Gasteiger partial charge in [-0.1, -0.05) is 0 Å². The van der Waals surface area contributed by atoms with Crippen molar-refractivity contribution in [2.24, 2.45) is 5.73 Å². The van der Waals surface area contributed by atoms with E-state index in [9.17, 15) is 19.2 Å². The van der Waals surface area contributed by atoms with Gasteiger partial charge >= 0.3 is 0 Å². The summed E-state index contributed by atoms with van der Waals surface area (Å²) in [5, 5.41) is 5.30. The maximum Gasteiger partial charge on any atom is 0.262 e. The van der Waals surface area contributed by atoms with Crippen molar-refractivity contribution in [3.05, 3.63) is 29.3 Å². The molecular formula is C17H20N4O4. The summed E-state index contributed by atoms with van der Waals surface area (Å²) in [5.74, 6) is -2.05. The number of nitrogens with one attached hydrogen (secondary N) is 2. The summed E-state index contributed by atoms with van der Waals surface area (Å²) in [6, 6.07) is 3.90. The molecule has 2 heterocycles. The topological polar surface area (TPSA) is 122 Å². The minimum Gasteiger partial charge on any atom is -0.383 e. The lowest BCUT2D eigenvalue weighted by atomic mass is 10.0. The average molecular weight is 344 g/mol. The van der Waals surface area contributed by atoms with Gasteiger partial charge in [0.15, 0.2) is 0 Å². The molecule has 2 aliphatic heterocycles. The molecule has 0 aliphatic carbocycles. The van der Waals surface area contributed by atoms with Crippen molar-refractivity contribution in [1.29, 1.82) is 0 Å². The predicted molar refractivity (Wildman–Crippen MR) is 89.9 cm³/mol. The Kier molecular flexibility index (Phi) is 4.08. The Morgan fingerprint density at radius 3 is 2.52 bits per heavy atom. The third kappa shape index (κ3) is 3.25. The van der Waals surface area contributed by atoms with Crippen molar-refractivity contribution in [2.45, 2.75) is 38.3 Å². The van der Waals surface area contributed by atoms with E-state index in [1.165, 1.54) is 0 Å². The second kappa shape index (κ2) is 5.96. The first kappa shape index (κ1) is 17.1. The van der Waals surface area contributed by atoms with E-state index >= 15 is 0 Å². The quantitative estimate of drug-likeness (QED) is 0.673. The summed E-state index contributed by atoms with van der Waals surface area (Å²) >= 11 is 0. The number of benzene rings is 1. The molecule has 1 fully saturated rings. The molecule has 3 rings (SSSR count). The first-order chi connectivity index (χ1) is 11.7. The van der Waals surface area contributed by atoms with E-state index in [1.54, 1.807) is 18.2 Å². The molecule has 1 atom stereocenters. The molecule has 1 aromatic carbocycles. The van der Waals surface area contributed by atoms with Gasteiger partial charge < -0.3 is 11.1 Å². The zero-order valence-corrected chi connectivity index (χ0v) is 14.1. The number of fused-ring (bicyclic) bond motifs is 1. The molecule has 4 amide bonds. The van der Waals surface area contributed by atoms with Crippen LogP contribution in [0.3, 0.4) is 0 Å². The van der Waals surface area contributed by atoms with Gasteiger partial charge in [-0.15, -0.1) is 0 Å². The number of nitrogens with zero attached hydrogens (tertiary/aromatic N) is 1. The first-order valence-corrected chi connectivity index (χ1v) is 8.06. The van der Waals surface area contributed by atoms with Gasteiger partial charge in [-0.2, -0.15) is 0 Å². The molecule has 8 nitrogen and oxygen atoms in total. The molecule has 1 unspecified atom stereocenters. The second-order valence-corrected chi connectivity index (χ2v) is 7.05. The fraction of sp³-hybridized carbons (Fsp3) is 0.412. The van der Waals surface area contributed by atoms with Gasteiger partial charge in [0.2, 0.25) is 11.8 Å². The van der Waals surface area contributed by atoms with Crippen LogP contribution in [0.25, 0.3) is 0 Å². The molecule has 0 saturated carbocycles. The fourth-order valence-electron chi connectivity index (χ4n) is 2.91. The van der Waals surface area contributed by atoms with Crippen molar-refractivity contribution in [3.8, 4) is 0 Å². The summed E-state index contributed by atoms with van der Waals surface area (Å²) in [6.07, 6.45) is 0.241. The predicted octanol–water partition coefficient (Wildman–Crippen LogP) is 0.237. The third-order valence-electron chi connectivity index (χ3n) is 4.19. The number of hydrogen-bond acceptors (Lipinski definition) is 6. The van der Waals surface area contributed by atoms with Gasteiger partial charge in [-0.05, 0) is 38.5 Å². The van der Waals surface area contributed by atoms with Crippen LogP contribution in [-0.2, 0) is 9.59 Å². The van der Waals surface area contributed by atoms with Crippen LogP contribution in [0, 0.1) is 0 Å². The molecule has 0 aromatic heterocycles. The Labute approximate surface area is 144 Å². The number of imide groups is 2. The standard InChI is InChI=1S/C17H20N4O4/c1-17(2,18)8-19-9-3-4-10-11(7-9)16(25)21(15(10)24)12-5-6-13(22)20-14(12)23/h3-4,7,12,19H,5-6,8,18H2,1-2H3,(H,20,22,23). The van der Waals surface area contributed by atoms with Gasteiger partial charge in [-0.25, -0.2) is 0 Å². The molecular weight excluding hydrogens is 324 g/mol. The van der Waals surface area contributed by atoms with Crippen LogP contribution >= 0.6 is 0 Å². The Morgan fingerprint density at radius 1 is 1.20 bits per heavy atom. The minimum absolute atomic E-state index is 0.0994. The number of rotatable bonds is 4. The molecule has 132 valence electrons. The van der Waals surface area contributed by atoms with E-state index in [1.807, 2.05) is 13.8 Å². The molecule has 4 N–H and O–H groups in total. The second-order valence-electron chi connectivity index (χ2n) is 7.05. The molecule has 0 bridgehead atoms. The van der Waals surface area contributed by atoms with E-state index < -0.39 is 35.2 Å². The Morgan fingerprint density at radius 2 is 1.88 bits per heavy atom. The maximum absolute atomic E-state index is 12.7. The zero-order chi connectivity index (χ0) is 18.4. The average Bonchev–Trinajstić information content (AvgIpc) is 2.77. The molecule has 1 aromatic rings. The zero-order valence-electron chi connectivity index (χ0n) is 14.1. The van der Waals surface area contributed by atoms with E-state index in [0.29, 0.717) is 12.2 Å². The van der Waals surface area contributed by atoms with E-state index in [0.717, 1.165) is 4.90 Å². The lowest BCUT2D eigenvalue weighted by Gasteiger charge is -2.27. The van der Waals surface area contributed by atoms with Gasteiger partial charge in [-0.3, -0.25) is 29.4 Å². The molecule has 8 heteroatoms. The molecule has 25 heavy (non-hydrogen) atoms. The number of carbonyl (C=O) groups excluding carboxylic acids is 4. The molecule has 0 radical (unpaired) electrons. The third-order valence-corrected chi connectivity index (χ3v) is 4.19. The summed E-state index contributed by atoms with van der Waals surface area (Å²) in [7, 11) is 0. The van der Waals surface area contributed by atoms with Gasteiger partial charge in [0.05, 0.1) is 11.1 Å². The van der Waals surface area contributed by atoms with Crippen LogP contribution in [0.2, 0.25) is 0 Å². The smallest absolute Gasteiger partial charge is 0.262 e. The van der Waals surface area contributed by atoms with Crippen molar-refractivity contribution < 1.29 is 19.2 Å². The van der Waals surface area contributed by atoms with E-state index in [-0.39, 0.29) is 24.0 Å². The number of nitrogens with two attached hydrogens (primary N) is 1. The van der Waals surface area contributed by atoms with Crippen LogP contribution in [-0.4, -0.2) is 46.7 Å². The highest BCUT2D eigenvalue weighted by Gasteiger charge is 2.44. The molecule has 2 aliphatic rings. The van der Waals surface area contributed by atoms with Crippen LogP contribution in [0.1, 0.15) is 47.4 Å². The molecule has 1 saturated heterocycles. The number of anilines is 1. The lowest BCUT2D eigenvalue weighted by Crippen LogP contribution is -2.54. The highest BCUT2D eigenvalue weighted by atomic mass is 16.2. The van der Waals surface area contributed by atoms with Crippen LogP contribution < -0.4 is 16.4 Å². The SMILES string of the molecule is CC(C)(N)CNc1ccc2c(c1)C(=O)N(C1CCC(=O)NC1=O)C2=O. The largest absolute Gasteiger partial charge is 0.383 e. The van der Waals surface area contributed by atoms with Crippen LogP contribution in [0.15, 0.2) is 18.2 Å². The number of amides is 4. The van der Waals surface area contributed by atoms with Crippen molar-refractivity contribution >= 4 is 29.3 Å². The van der Waals surface area contributed by atoms with Crippen molar-refractivity contribution in [2.75, 3.05) is 11.9 Å². The first-order valence-electron chi connectivity index (χ1n) is 8.06. The summed E-state index contributed by atoms with van der Waals surface area (Å²) in [5.41, 5.74) is 6.67. The lowest BCUT2D eigenvalue weighted by molar-refractivity contribution is -0.136. The summed E-state index contributed by atoms with van der Waals surface area (Å²) in [6.45, 7) is 4.23. The van der Waals surface area contributed by atoms with Gasteiger partial charge in [0, 0.05) is 24.2 Å². The van der Waals surface area contributed by atoms with E-state index in [2.05, 4.69) is 10.6 Å². The van der Waals surface area contributed by atoms with Gasteiger partial charge in [0.1, 0.15) is 6.04 Å².